The first-order chi connectivity index (χ1) is 15.8. The predicted octanol–water partition coefficient (Wildman–Crippen LogP) is 4.11. The van der Waals surface area contributed by atoms with Crippen molar-refractivity contribution in [1.82, 2.24) is 10.6 Å². The lowest BCUT2D eigenvalue weighted by Gasteiger charge is -2.29. The van der Waals surface area contributed by atoms with Gasteiger partial charge in [-0.15, -0.1) is 0 Å². The Balaban J connectivity index is 1.96. The number of carbonyl (C=O) groups is 2. The van der Waals surface area contributed by atoms with E-state index in [9.17, 15) is 9.59 Å². The third kappa shape index (κ3) is 5.77. The van der Waals surface area contributed by atoms with Crippen molar-refractivity contribution in [1.29, 1.82) is 0 Å². The molecule has 176 valence electrons. The summed E-state index contributed by atoms with van der Waals surface area (Å²) >= 11 is 0. The number of hydrogen-bond acceptors (Lipinski definition) is 6. The molecule has 1 aliphatic heterocycles. The van der Waals surface area contributed by atoms with Crippen molar-refractivity contribution in [2.45, 2.75) is 33.4 Å². The lowest BCUT2D eigenvalue weighted by atomic mass is 9.95. The molecular weight excluding hydrogens is 424 g/mol. The highest BCUT2D eigenvalue weighted by molar-refractivity contribution is 5.95. The number of hydrogen-bond donors (Lipinski definition) is 2. The third-order valence-corrected chi connectivity index (χ3v) is 5.08. The van der Waals surface area contributed by atoms with E-state index < -0.39 is 18.0 Å². The van der Waals surface area contributed by atoms with Gasteiger partial charge in [-0.25, -0.2) is 9.59 Å². The highest BCUT2D eigenvalue weighted by Crippen LogP contribution is 2.42. The monoisotopic (exact) mass is 454 g/mol. The van der Waals surface area contributed by atoms with E-state index in [4.69, 9.17) is 18.9 Å². The van der Waals surface area contributed by atoms with Crippen LogP contribution in [0.4, 0.5) is 4.79 Å². The Kier molecular flexibility index (Phi) is 7.82. The number of nitrogens with one attached hydrogen (secondary N) is 2. The number of esters is 1. The van der Waals surface area contributed by atoms with Crippen molar-refractivity contribution in [3.05, 3.63) is 64.9 Å². The van der Waals surface area contributed by atoms with Crippen LogP contribution in [0.25, 0.3) is 0 Å². The summed E-state index contributed by atoms with van der Waals surface area (Å²) in [5, 5.41) is 5.45. The van der Waals surface area contributed by atoms with Crippen LogP contribution in [0.5, 0.6) is 17.2 Å². The number of carbonyl (C=O) groups excluding carboxylic acids is 2. The molecule has 2 amide bonds. The van der Waals surface area contributed by atoms with Gasteiger partial charge in [-0.2, -0.15) is 0 Å². The van der Waals surface area contributed by atoms with Gasteiger partial charge in [-0.05, 0) is 36.1 Å². The Bertz CT molecular complexity index is 1010. The van der Waals surface area contributed by atoms with Gasteiger partial charge in [0.15, 0.2) is 11.5 Å². The molecule has 0 saturated heterocycles. The zero-order chi connectivity index (χ0) is 24.0. The SMILES string of the molecule is COc1cc(C2NC(=O)NC(C)=C2C(=O)OCC(C)C)cc(OC)c1OCc1ccccc1. The fourth-order valence-electron chi connectivity index (χ4n) is 3.47. The Morgan fingerprint density at radius 2 is 1.70 bits per heavy atom. The first-order valence-electron chi connectivity index (χ1n) is 10.7. The van der Waals surface area contributed by atoms with E-state index in [1.165, 1.54) is 14.2 Å². The summed E-state index contributed by atoms with van der Waals surface area (Å²) < 4.78 is 22.6. The topological polar surface area (TPSA) is 95.1 Å². The number of allylic oxidation sites excluding steroid dienone is 1. The molecule has 2 N–H and O–H groups in total. The second-order valence-electron chi connectivity index (χ2n) is 8.09. The van der Waals surface area contributed by atoms with Gasteiger partial charge < -0.3 is 29.6 Å². The number of urea groups is 1. The van der Waals surface area contributed by atoms with Crippen molar-refractivity contribution in [2.75, 3.05) is 20.8 Å². The molecule has 0 radical (unpaired) electrons. The van der Waals surface area contributed by atoms with Crippen molar-refractivity contribution in [2.24, 2.45) is 5.92 Å². The molecule has 1 unspecified atom stereocenters. The van der Waals surface area contributed by atoms with E-state index in [-0.39, 0.29) is 12.5 Å². The molecule has 0 fully saturated rings. The van der Waals surface area contributed by atoms with Gasteiger partial charge in [0.25, 0.3) is 0 Å². The standard InChI is InChI=1S/C25H30N2O6/c1-15(2)13-33-24(28)21-16(3)26-25(29)27-22(21)18-11-19(30-4)23(20(12-18)31-5)32-14-17-9-7-6-8-10-17/h6-12,15,22H,13-14H2,1-5H3,(H2,26,27,29). The summed E-state index contributed by atoms with van der Waals surface area (Å²) in [5.41, 5.74) is 2.34. The van der Waals surface area contributed by atoms with Gasteiger partial charge in [0.2, 0.25) is 5.75 Å². The molecule has 8 heteroatoms. The molecule has 0 saturated carbocycles. The van der Waals surface area contributed by atoms with Crippen molar-refractivity contribution < 1.29 is 28.5 Å². The van der Waals surface area contributed by atoms with Crippen molar-refractivity contribution in [3.63, 3.8) is 0 Å². The highest BCUT2D eigenvalue weighted by Gasteiger charge is 2.33. The van der Waals surface area contributed by atoms with Crippen molar-refractivity contribution in [3.8, 4) is 17.2 Å². The Labute approximate surface area is 193 Å². The predicted molar refractivity (Wildman–Crippen MR) is 123 cm³/mol. The summed E-state index contributed by atoms with van der Waals surface area (Å²) in [6, 6.07) is 12.0. The van der Waals surface area contributed by atoms with Crippen LogP contribution < -0.4 is 24.8 Å². The van der Waals surface area contributed by atoms with E-state index in [0.29, 0.717) is 40.7 Å². The number of amides is 2. The smallest absolute Gasteiger partial charge is 0.338 e. The first-order valence-corrected chi connectivity index (χ1v) is 10.7. The number of ether oxygens (including phenoxy) is 4. The summed E-state index contributed by atoms with van der Waals surface area (Å²) in [7, 11) is 3.04. The molecule has 0 spiro atoms. The van der Waals surface area contributed by atoms with Gasteiger partial charge in [-0.1, -0.05) is 44.2 Å². The summed E-state index contributed by atoms with van der Waals surface area (Å²) in [5.74, 6) is 0.945. The Morgan fingerprint density at radius 3 is 2.27 bits per heavy atom. The number of rotatable bonds is 9. The molecule has 2 aromatic carbocycles. The Hall–Kier alpha value is -3.68. The normalized spacial score (nSPS) is 15.6. The zero-order valence-electron chi connectivity index (χ0n) is 19.6. The van der Waals surface area contributed by atoms with Crippen LogP contribution in [0.3, 0.4) is 0 Å². The quantitative estimate of drug-likeness (QED) is 0.554. The third-order valence-electron chi connectivity index (χ3n) is 5.08. The fourth-order valence-corrected chi connectivity index (χ4v) is 3.47. The number of methoxy groups -OCH3 is 2. The highest BCUT2D eigenvalue weighted by atomic mass is 16.5. The molecule has 3 rings (SSSR count). The van der Waals surface area contributed by atoms with Gasteiger partial charge >= 0.3 is 12.0 Å². The van der Waals surface area contributed by atoms with Crippen molar-refractivity contribution >= 4 is 12.0 Å². The lowest BCUT2D eigenvalue weighted by Crippen LogP contribution is -2.45. The summed E-state index contributed by atoms with van der Waals surface area (Å²) in [4.78, 5) is 25.1. The molecule has 0 bridgehead atoms. The molecular formula is C25H30N2O6. The lowest BCUT2D eigenvalue weighted by molar-refractivity contribution is -0.140. The molecule has 0 aromatic heterocycles. The summed E-state index contributed by atoms with van der Waals surface area (Å²) in [6.07, 6.45) is 0. The van der Waals surface area contributed by atoms with E-state index in [1.807, 2.05) is 44.2 Å². The van der Waals surface area contributed by atoms with Crippen LogP contribution in [-0.4, -0.2) is 32.8 Å². The van der Waals surface area contributed by atoms with Crippen LogP contribution in [0.2, 0.25) is 0 Å². The molecule has 2 aromatic rings. The maximum atomic E-state index is 12.9. The first kappa shape index (κ1) is 24.0. The van der Waals surface area contributed by atoms with Crippen LogP contribution in [0, 0.1) is 5.92 Å². The van der Waals surface area contributed by atoms with Gasteiger partial charge in [-0.3, -0.25) is 0 Å². The minimum absolute atomic E-state index is 0.181. The summed E-state index contributed by atoms with van der Waals surface area (Å²) in [6.45, 7) is 6.18. The van der Waals surface area contributed by atoms with E-state index in [2.05, 4.69) is 10.6 Å². The van der Waals surface area contributed by atoms with Crippen LogP contribution in [-0.2, 0) is 16.1 Å². The second-order valence-corrected chi connectivity index (χ2v) is 8.09. The second kappa shape index (κ2) is 10.8. The molecule has 0 aliphatic carbocycles. The molecule has 33 heavy (non-hydrogen) atoms. The van der Waals surface area contributed by atoms with Gasteiger partial charge in [0.05, 0.1) is 32.4 Å². The molecule has 1 heterocycles. The van der Waals surface area contributed by atoms with Gasteiger partial charge in [0, 0.05) is 5.70 Å². The van der Waals surface area contributed by atoms with E-state index in [1.54, 1.807) is 19.1 Å². The van der Waals surface area contributed by atoms with E-state index >= 15 is 0 Å². The molecule has 8 nitrogen and oxygen atoms in total. The average molecular weight is 455 g/mol. The maximum Gasteiger partial charge on any atom is 0.338 e. The molecule has 1 aliphatic rings. The molecule has 1 atom stereocenters. The minimum atomic E-state index is -0.746. The van der Waals surface area contributed by atoms with Crippen LogP contribution in [0.1, 0.15) is 37.9 Å². The fraction of sp³-hybridized carbons (Fsp3) is 0.360. The minimum Gasteiger partial charge on any atom is -0.493 e. The maximum absolute atomic E-state index is 12.9. The Morgan fingerprint density at radius 1 is 1.06 bits per heavy atom. The zero-order valence-corrected chi connectivity index (χ0v) is 19.6. The largest absolute Gasteiger partial charge is 0.493 e. The van der Waals surface area contributed by atoms with E-state index in [0.717, 1.165) is 5.56 Å². The van der Waals surface area contributed by atoms with Crippen LogP contribution >= 0.6 is 0 Å². The van der Waals surface area contributed by atoms with Crippen LogP contribution in [0.15, 0.2) is 53.7 Å². The van der Waals surface area contributed by atoms with Gasteiger partial charge in [0.1, 0.15) is 6.61 Å². The average Bonchev–Trinajstić information content (AvgIpc) is 2.80. The number of benzene rings is 2.